The zero-order valence-corrected chi connectivity index (χ0v) is 17.0. The van der Waals surface area contributed by atoms with Gasteiger partial charge in [0.2, 0.25) is 0 Å². The molecule has 4 rings (SSSR count). The zero-order valence-electron chi connectivity index (χ0n) is 16.2. The molecule has 28 heavy (non-hydrogen) atoms. The van der Waals surface area contributed by atoms with Crippen LogP contribution in [0.5, 0.6) is 0 Å². The van der Waals surface area contributed by atoms with Gasteiger partial charge in [-0.15, -0.1) is 0 Å². The molecule has 4 nitrogen and oxygen atoms in total. The van der Waals surface area contributed by atoms with Crippen molar-refractivity contribution in [2.24, 2.45) is 0 Å². The summed E-state index contributed by atoms with van der Waals surface area (Å²) in [6.07, 6.45) is 2.61. The van der Waals surface area contributed by atoms with Crippen LogP contribution in [0.25, 0.3) is 11.0 Å². The summed E-state index contributed by atoms with van der Waals surface area (Å²) in [4.78, 5) is 13.7. The van der Waals surface area contributed by atoms with Crippen molar-refractivity contribution in [3.63, 3.8) is 0 Å². The van der Waals surface area contributed by atoms with Crippen molar-refractivity contribution >= 4 is 22.6 Å². The number of nitrogens with one attached hydrogen (secondary N) is 1. The molecule has 0 radical (unpaired) electrons. The number of fused-ring (bicyclic) bond motifs is 1. The summed E-state index contributed by atoms with van der Waals surface area (Å²) >= 11 is 6.32. The van der Waals surface area contributed by atoms with Crippen molar-refractivity contribution in [3.8, 4) is 0 Å². The number of hydrogen-bond donors (Lipinski definition) is 2. The summed E-state index contributed by atoms with van der Waals surface area (Å²) in [5.41, 5.74) is 3.60. The van der Waals surface area contributed by atoms with Crippen LogP contribution >= 0.6 is 11.6 Å². The van der Waals surface area contributed by atoms with Gasteiger partial charge in [0, 0.05) is 40.4 Å². The van der Waals surface area contributed by atoms with Crippen molar-refractivity contribution < 1.29 is 14.6 Å². The van der Waals surface area contributed by atoms with E-state index in [-0.39, 0.29) is 5.63 Å². The Labute approximate surface area is 170 Å². The molecule has 1 aliphatic rings. The van der Waals surface area contributed by atoms with Gasteiger partial charge < -0.3 is 14.6 Å². The summed E-state index contributed by atoms with van der Waals surface area (Å²) in [5, 5.41) is 3.94. The fourth-order valence-corrected chi connectivity index (χ4v) is 4.49. The van der Waals surface area contributed by atoms with Crippen LogP contribution in [0.1, 0.15) is 35.6 Å². The first-order valence-electron chi connectivity index (χ1n) is 10.1. The first-order chi connectivity index (χ1) is 13.6. The van der Waals surface area contributed by atoms with Gasteiger partial charge in [0.15, 0.2) is 6.04 Å². The largest absolute Gasteiger partial charge is 0.423 e. The third-order valence-electron chi connectivity index (χ3n) is 5.82. The average Bonchev–Trinajstić information content (AvgIpc) is 3.21. The van der Waals surface area contributed by atoms with Gasteiger partial charge in [-0.1, -0.05) is 41.9 Å². The SMILES string of the molecule is Cc1cc2oc(=O)cc(C[NH2+]C[C@@H](c3ccccc3)[NH+]3CCCC3)c2cc1Cl. The van der Waals surface area contributed by atoms with E-state index in [1.54, 1.807) is 11.0 Å². The molecular weight excluding hydrogens is 372 g/mol. The molecule has 0 saturated carbocycles. The standard InChI is InChI=1S/C23H25ClN2O2/c1-16-11-22-19(13-20(16)24)18(12-23(27)28-22)14-25-15-21(26-9-5-6-10-26)17-7-3-2-4-8-17/h2-4,7-8,11-13,21,25H,5-6,9-10,14-15H2,1H3/p+2/t21-/m0/s1. The second-order valence-electron chi connectivity index (χ2n) is 7.75. The molecule has 1 aromatic heterocycles. The summed E-state index contributed by atoms with van der Waals surface area (Å²) in [5.74, 6) is 0. The minimum absolute atomic E-state index is 0.303. The molecule has 3 aromatic rings. The Bertz CT molecular complexity index is 1010. The molecule has 2 heterocycles. The Morgan fingerprint density at radius 1 is 1.14 bits per heavy atom. The van der Waals surface area contributed by atoms with Crippen molar-refractivity contribution in [1.82, 2.24) is 0 Å². The highest BCUT2D eigenvalue weighted by Gasteiger charge is 2.28. The van der Waals surface area contributed by atoms with Crippen LogP contribution in [0.15, 0.2) is 57.7 Å². The van der Waals surface area contributed by atoms with E-state index in [0.717, 1.165) is 29.6 Å². The summed E-state index contributed by atoms with van der Waals surface area (Å²) in [6, 6.07) is 16.6. The number of halogens is 1. The molecule has 5 heteroatoms. The Morgan fingerprint density at radius 3 is 2.64 bits per heavy atom. The zero-order chi connectivity index (χ0) is 19.5. The van der Waals surface area contributed by atoms with Gasteiger partial charge in [-0.3, -0.25) is 0 Å². The Morgan fingerprint density at radius 2 is 1.89 bits per heavy atom. The first kappa shape index (κ1) is 19.2. The topological polar surface area (TPSA) is 51.3 Å². The van der Waals surface area contributed by atoms with Crippen LogP contribution in [0.3, 0.4) is 0 Å². The van der Waals surface area contributed by atoms with E-state index in [2.05, 4.69) is 35.6 Å². The van der Waals surface area contributed by atoms with Crippen LogP contribution < -0.4 is 15.8 Å². The second kappa shape index (κ2) is 8.48. The van der Waals surface area contributed by atoms with Crippen LogP contribution in [0.2, 0.25) is 5.02 Å². The van der Waals surface area contributed by atoms with Gasteiger partial charge in [-0.2, -0.15) is 0 Å². The minimum atomic E-state index is -0.303. The first-order valence-corrected chi connectivity index (χ1v) is 10.4. The van der Waals surface area contributed by atoms with E-state index in [1.807, 2.05) is 19.1 Å². The van der Waals surface area contributed by atoms with Gasteiger partial charge in [0.1, 0.15) is 18.7 Å². The normalized spacial score (nSPS) is 15.9. The Hall–Kier alpha value is -2.14. The predicted octanol–water partition coefficient (Wildman–Crippen LogP) is 2.24. The van der Waals surface area contributed by atoms with Crippen LogP contribution in [0, 0.1) is 6.92 Å². The lowest BCUT2D eigenvalue weighted by Crippen LogP contribution is -3.13. The lowest BCUT2D eigenvalue weighted by atomic mass is 10.0. The van der Waals surface area contributed by atoms with Crippen molar-refractivity contribution in [2.75, 3.05) is 19.6 Å². The molecule has 0 unspecified atom stereocenters. The van der Waals surface area contributed by atoms with E-state index in [1.165, 1.54) is 31.5 Å². The molecule has 0 spiro atoms. The van der Waals surface area contributed by atoms with E-state index in [4.69, 9.17) is 16.0 Å². The number of benzene rings is 2. The summed E-state index contributed by atoms with van der Waals surface area (Å²) < 4.78 is 5.38. The number of nitrogens with two attached hydrogens (primary N) is 1. The Balaban J connectivity index is 1.55. The molecule has 146 valence electrons. The van der Waals surface area contributed by atoms with Crippen molar-refractivity contribution in [1.29, 1.82) is 0 Å². The average molecular weight is 399 g/mol. The maximum atomic E-state index is 12.0. The van der Waals surface area contributed by atoms with Gasteiger partial charge >= 0.3 is 5.63 Å². The quantitative estimate of drug-likeness (QED) is 0.626. The lowest BCUT2D eigenvalue weighted by molar-refractivity contribution is -0.935. The van der Waals surface area contributed by atoms with Crippen LogP contribution in [-0.2, 0) is 6.54 Å². The second-order valence-corrected chi connectivity index (χ2v) is 8.15. The number of rotatable bonds is 6. The summed E-state index contributed by atoms with van der Waals surface area (Å²) in [7, 11) is 0. The number of likely N-dealkylation sites (tertiary alicyclic amines) is 1. The van der Waals surface area contributed by atoms with Gasteiger partial charge in [-0.25, -0.2) is 4.79 Å². The van der Waals surface area contributed by atoms with E-state index in [9.17, 15) is 4.79 Å². The van der Waals surface area contributed by atoms with Gasteiger partial charge in [0.25, 0.3) is 0 Å². The fourth-order valence-electron chi connectivity index (χ4n) is 4.32. The number of quaternary nitrogens is 2. The third-order valence-corrected chi connectivity index (χ3v) is 6.22. The van der Waals surface area contributed by atoms with Gasteiger partial charge in [0.05, 0.1) is 13.1 Å². The minimum Gasteiger partial charge on any atom is -0.423 e. The molecule has 3 N–H and O–H groups in total. The molecule has 1 fully saturated rings. The predicted molar refractivity (Wildman–Crippen MR) is 112 cm³/mol. The van der Waals surface area contributed by atoms with E-state index in [0.29, 0.717) is 16.6 Å². The lowest BCUT2D eigenvalue weighted by Gasteiger charge is -2.23. The highest BCUT2D eigenvalue weighted by atomic mass is 35.5. The molecule has 0 aliphatic carbocycles. The monoisotopic (exact) mass is 398 g/mol. The highest BCUT2D eigenvalue weighted by Crippen LogP contribution is 2.24. The number of aryl methyl sites for hydroxylation is 1. The molecule has 2 aromatic carbocycles. The molecule has 0 bridgehead atoms. The smallest absolute Gasteiger partial charge is 0.336 e. The van der Waals surface area contributed by atoms with E-state index < -0.39 is 0 Å². The van der Waals surface area contributed by atoms with Crippen LogP contribution in [0.4, 0.5) is 0 Å². The molecule has 0 amide bonds. The van der Waals surface area contributed by atoms with Crippen molar-refractivity contribution in [2.45, 2.75) is 32.4 Å². The summed E-state index contributed by atoms with van der Waals surface area (Å²) in [6.45, 7) is 6.11. The highest BCUT2D eigenvalue weighted by molar-refractivity contribution is 6.32. The third kappa shape index (κ3) is 4.14. The molecule has 1 atom stereocenters. The van der Waals surface area contributed by atoms with Gasteiger partial charge in [-0.05, 0) is 24.6 Å². The van der Waals surface area contributed by atoms with E-state index >= 15 is 0 Å². The molecular formula is C23H27ClN2O2+2. The number of hydrogen-bond acceptors (Lipinski definition) is 2. The van der Waals surface area contributed by atoms with Crippen LogP contribution in [-0.4, -0.2) is 19.6 Å². The fraction of sp³-hybridized carbons (Fsp3) is 0.348. The van der Waals surface area contributed by atoms with Crippen molar-refractivity contribution in [3.05, 3.63) is 80.7 Å². The maximum Gasteiger partial charge on any atom is 0.336 e. The Kier molecular flexibility index (Phi) is 5.81. The molecule has 1 saturated heterocycles. The maximum absolute atomic E-state index is 12.0. The molecule has 1 aliphatic heterocycles.